The number of nitrogens with zero attached hydrogens (tertiary/aromatic N) is 4. The number of nitrogens with one attached hydrogen (secondary N) is 2. The van der Waals surface area contributed by atoms with Crippen molar-refractivity contribution in [3.63, 3.8) is 0 Å². The van der Waals surface area contributed by atoms with Gasteiger partial charge in [-0.25, -0.2) is 14.8 Å². The van der Waals surface area contributed by atoms with Crippen molar-refractivity contribution in [1.29, 1.82) is 5.41 Å². The first-order valence-corrected chi connectivity index (χ1v) is 9.35. The van der Waals surface area contributed by atoms with E-state index in [9.17, 15) is 9.59 Å². The molecule has 0 radical (unpaired) electrons. The normalized spacial score (nSPS) is 10.8. The third-order valence-electron chi connectivity index (χ3n) is 3.90. The van der Waals surface area contributed by atoms with Gasteiger partial charge in [0.1, 0.15) is 12.9 Å². The van der Waals surface area contributed by atoms with E-state index in [4.69, 9.17) is 21.7 Å². The maximum absolute atomic E-state index is 12.4. The number of carbonyl (C=O) groups is 1. The monoisotopic (exact) mass is 466 g/mol. The van der Waals surface area contributed by atoms with Crippen LogP contribution >= 0.6 is 27.5 Å². The molecular weight excluding hydrogens is 452 g/mol. The number of rotatable bonds is 5. The molecule has 0 spiro atoms. The van der Waals surface area contributed by atoms with Crippen molar-refractivity contribution in [2.24, 2.45) is 7.05 Å². The summed E-state index contributed by atoms with van der Waals surface area (Å²) in [5.74, 6) is -0.380. The van der Waals surface area contributed by atoms with Crippen molar-refractivity contribution in [3.8, 4) is 0 Å². The summed E-state index contributed by atoms with van der Waals surface area (Å²) in [6, 6.07) is 5.52. The van der Waals surface area contributed by atoms with Gasteiger partial charge in [0.2, 0.25) is 5.90 Å². The van der Waals surface area contributed by atoms with Crippen molar-refractivity contribution in [2.75, 3.05) is 6.54 Å². The first-order valence-electron chi connectivity index (χ1n) is 8.18. The Morgan fingerprint density at radius 1 is 1.36 bits per heavy atom. The lowest BCUT2D eigenvalue weighted by atomic mass is 10.1. The number of amides is 1. The van der Waals surface area contributed by atoms with E-state index < -0.39 is 6.09 Å². The summed E-state index contributed by atoms with van der Waals surface area (Å²) >= 11 is 9.34. The Bertz CT molecular complexity index is 1110. The second-order valence-electron chi connectivity index (χ2n) is 5.94. The lowest BCUT2D eigenvalue weighted by Crippen LogP contribution is -2.32. The number of aryl methyl sites for hydroxylation is 1. The van der Waals surface area contributed by atoms with Gasteiger partial charge in [-0.3, -0.25) is 14.8 Å². The Balaban J connectivity index is 1.52. The lowest BCUT2D eigenvalue weighted by Gasteiger charge is -2.09. The van der Waals surface area contributed by atoms with Crippen LogP contribution in [0.2, 0.25) is 5.02 Å². The number of halogens is 2. The van der Waals surface area contributed by atoms with E-state index in [1.54, 1.807) is 17.7 Å². The summed E-state index contributed by atoms with van der Waals surface area (Å²) in [5.41, 5.74) is 1.21. The first-order chi connectivity index (χ1) is 13.3. The number of hydrogen-bond donors (Lipinski definition) is 2. The summed E-state index contributed by atoms with van der Waals surface area (Å²) < 4.78 is 8.43. The van der Waals surface area contributed by atoms with E-state index in [1.807, 2.05) is 12.1 Å². The molecule has 0 fully saturated rings. The Labute approximate surface area is 172 Å². The fraction of sp³-hybridized carbons (Fsp3) is 0.235. The number of benzene rings is 1. The zero-order chi connectivity index (χ0) is 20.3. The molecule has 2 aromatic heterocycles. The van der Waals surface area contributed by atoms with E-state index in [0.717, 1.165) is 10.0 Å². The molecule has 2 N–H and O–H groups in total. The zero-order valence-corrected chi connectivity index (χ0v) is 17.1. The van der Waals surface area contributed by atoms with E-state index in [1.165, 1.54) is 17.2 Å². The zero-order valence-electron chi connectivity index (χ0n) is 14.8. The van der Waals surface area contributed by atoms with Crippen molar-refractivity contribution < 1.29 is 9.53 Å². The molecule has 11 heteroatoms. The average molecular weight is 468 g/mol. The Morgan fingerprint density at radius 2 is 2.11 bits per heavy atom. The molecule has 0 bridgehead atoms. The van der Waals surface area contributed by atoms with Crippen LogP contribution in [0.25, 0.3) is 11.2 Å². The summed E-state index contributed by atoms with van der Waals surface area (Å²) in [5, 5.41) is 11.0. The predicted octanol–water partition coefficient (Wildman–Crippen LogP) is 2.49. The summed E-state index contributed by atoms with van der Waals surface area (Å²) in [7, 11) is 1.68. The average Bonchev–Trinajstić information content (AvgIpc) is 3.02. The highest BCUT2D eigenvalue weighted by atomic mass is 79.9. The van der Waals surface area contributed by atoms with Crippen molar-refractivity contribution in [1.82, 2.24) is 24.4 Å². The van der Waals surface area contributed by atoms with Gasteiger partial charge in [0.25, 0.3) is 5.56 Å². The molecular formula is C17H16BrClN6O3. The van der Waals surface area contributed by atoms with Gasteiger partial charge in [-0.1, -0.05) is 17.7 Å². The summed E-state index contributed by atoms with van der Waals surface area (Å²) in [6.07, 6.45) is 2.54. The molecule has 1 aromatic carbocycles. The molecule has 2 heterocycles. The standard InChI is InChI=1S/C17H16BrClN6O3/c1-24-8-22-15-14(24)16(26)25(9-23-15)7-13(20)28-17(27)21-5-4-10-2-3-11(18)12(19)6-10/h2-3,6,8-9,20H,4-5,7H2,1H3,(H,21,27). The summed E-state index contributed by atoms with van der Waals surface area (Å²) in [6.45, 7) is 0.0925. The molecule has 3 aromatic rings. The van der Waals surface area contributed by atoms with Crippen LogP contribution in [-0.2, 0) is 24.8 Å². The number of fused-ring (bicyclic) bond motifs is 1. The van der Waals surface area contributed by atoms with Gasteiger partial charge in [0, 0.05) is 18.1 Å². The van der Waals surface area contributed by atoms with E-state index in [-0.39, 0.29) is 18.0 Å². The minimum atomic E-state index is -0.768. The number of carbonyl (C=O) groups excluding carboxylic acids is 1. The van der Waals surface area contributed by atoms with Crippen molar-refractivity contribution in [2.45, 2.75) is 13.0 Å². The van der Waals surface area contributed by atoms with Gasteiger partial charge in [-0.05, 0) is 40.0 Å². The van der Waals surface area contributed by atoms with Gasteiger partial charge in [0.15, 0.2) is 11.2 Å². The quantitative estimate of drug-likeness (QED) is 0.442. The fourth-order valence-electron chi connectivity index (χ4n) is 2.52. The fourth-order valence-corrected chi connectivity index (χ4v) is 2.97. The van der Waals surface area contributed by atoms with Crippen LogP contribution in [-0.4, -0.2) is 37.6 Å². The van der Waals surface area contributed by atoms with Crippen LogP contribution in [0.5, 0.6) is 0 Å². The number of hydrogen-bond acceptors (Lipinski definition) is 6. The topological polar surface area (TPSA) is 115 Å². The van der Waals surface area contributed by atoms with Gasteiger partial charge in [0.05, 0.1) is 11.3 Å². The van der Waals surface area contributed by atoms with Gasteiger partial charge >= 0.3 is 6.09 Å². The highest BCUT2D eigenvalue weighted by Crippen LogP contribution is 2.23. The van der Waals surface area contributed by atoms with E-state index in [2.05, 4.69) is 31.2 Å². The molecule has 0 aliphatic heterocycles. The molecule has 28 heavy (non-hydrogen) atoms. The number of ether oxygens (including phenoxy) is 1. The minimum absolute atomic E-state index is 0.220. The van der Waals surface area contributed by atoms with Crippen LogP contribution < -0.4 is 10.9 Å². The molecule has 0 aliphatic carbocycles. The number of alkyl carbamates (subject to hydrolysis) is 1. The molecule has 9 nitrogen and oxygen atoms in total. The molecule has 0 saturated carbocycles. The third-order valence-corrected chi connectivity index (χ3v) is 5.13. The molecule has 1 amide bonds. The van der Waals surface area contributed by atoms with E-state index in [0.29, 0.717) is 29.2 Å². The SMILES string of the molecule is Cn1cnc2ncn(CC(=N)OC(=O)NCCc3ccc(Br)c(Cl)c3)c(=O)c21. The Hall–Kier alpha value is -2.72. The van der Waals surface area contributed by atoms with Crippen LogP contribution in [0, 0.1) is 5.41 Å². The largest absolute Gasteiger partial charge is 0.413 e. The Morgan fingerprint density at radius 3 is 2.86 bits per heavy atom. The summed E-state index contributed by atoms with van der Waals surface area (Å²) in [4.78, 5) is 32.3. The van der Waals surface area contributed by atoms with Crippen LogP contribution in [0.4, 0.5) is 4.79 Å². The van der Waals surface area contributed by atoms with E-state index >= 15 is 0 Å². The smallest absolute Gasteiger partial charge is 0.394 e. The van der Waals surface area contributed by atoms with Crippen LogP contribution in [0.3, 0.4) is 0 Å². The molecule has 0 saturated heterocycles. The predicted molar refractivity (Wildman–Crippen MR) is 108 cm³/mol. The molecule has 0 unspecified atom stereocenters. The second-order valence-corrected chi connectivity index (χ2v) is 7.20. The molecule has 3 rings (SSSR count). The third kappa shape index (κ3) is 4.57. The highest BCUT2D eigenvalue weighted by molar-refractivity contribution is 9.10. The maximum atomic E-state index is 12.4. The van der Waals surface area contributed by atoms with Crippen molar-refractivity contribution >= 4 is 50.7 Å². The molecule has 0 atom stereocenters. The maximum Gasteiger partial charge on any atom is 0.413 e. The van der Waals surface area contributed by atoms with Crippen LogP contribution in [0.1, 0.15) is 5.56 Å². The van der Waals surface area contributed by atoms with Crippen LogP contribution in [0.15, 0.2) is 40.1 Å². The molecule has 0 aliphatic rings. The van der Waals surface area contributed by atoms with Gasteiger partial charge in [-0.15, -0.1) is 0 Å². The van der Waals surface area contributed by atoms with Gasteiger partial charge in [-0.2, -0.15) is 0 Å². The Kier molecular flexibility index (Phi) is 6.10. The second kappa shape index (κ2) is 8.53. The molecule has 146 valence electrons. The number of aromatic nitrogens is 4. The van der Waals surface area contributed by atoms with Crippen molar-refractivity contribution in [3.05, 3.63) is 56.3 Å². The minimum Gasteiger partial charge on any atom is -0.394 e. The highest BCUT2D eigenvalue weighted by Gasteiger charge is 2.12. The lowest BCUT2D eigenvalue weighted by molar-refractivity contribution is 0.195. The van der Waals surface area contributed by atoms with Gasteiger partial charge < -0.3 is 14.6 Å². The number of imidazole rings is 1. The first kappa shape index (κ1) is 20.0.